The maximum absolute atomic E-state index is 3.73. The van der Waals surface area contributed by atoms with Gasteiger partial charge in [-0.25, -0.2) is 0 Å². The van der Waals surface area contributed by atoms with E-state index in [1.807, 2.05) is 0 Å². The molecule has 2 unspecified atom stereocenters. The van der Waals surface area contributed by atoms with Crippen molar-refractivity contribution in [3.8, 4) is 0 Å². The first kappa shape index (κ1) is 7.60. The monoisotopic (exact) mass is 153 g/mol. The highest BCUT2D eigenvalue weighted by molar-refractivity contribution is 5.01. The Morgan fingerprint density at radius 2 is 1.91 bits per heavy atom. The second-order valence-electron chi connectivity index (χ2n) is 5.28. The van der Waals surface area contributed by atoms with Crippen LogP contribution in [0.3, 0.4) is 0 Å². The van der Waals surface area contributed by atoms with Gasteiger partial charge in [-0.2, -0.15) is 0 Å². The van der Waals surface area contributed by atoms with Crippen molar-refractivity contribution in [3.05, 3.63) is 0 Å². The van der Waals surface area contributed by atoms with Crippen molar-refractivity contribution in [1.29, 1.82) is 0 Å². The minimum atomic E-state index is 0.472. The van der Waals surface area contributed by atoms with Crippen LogP contribution in [-0.2, 0) is 0 Å². The molecule has 0 amide bonds. The van der Waals surface area contributed by atoms with Crippen molar-refractivity contribution in [3.63, 3.8) is 0 Å². The van der Waals surface area contributed by atoms with E-state index in [2.05, 4.69) is 26.1 Å². The molecule has 3 atom stereocenters. The fraction of sp³-hybridized carbons (Fsp3) is 1.00. The molecule has 64 valence electrons. The maximum Gasteiger partial charge on any atom is 0.0147 e. The lowest BCUT2D eigenvalue weighted by atomic mass is 9.79. The van der Waals surface area contributed by atoms with Crippen LogP contribution < -0.4 is 5.32 Å². The average Bonchev–Trinajstić information content (AvgIpc) is 2.42. The standard InChI is InChI=1S/C10H19N/c1-10(2,3)9-7-4-5-8(6-7)11-9/h7-9,11H,4-6H2,1-3H3/t7?,8?,9-/m1/s1. The van der Waals surface area contributed by atoms with Crippen molar-refractivity contribution >= 4 is 0 Å². The van der Waals surface area contributed by atoms with E-state index in [0.29, 0.717) is 5.41 Å². The van der Waals surface area contributed by atoms with Gasteiger partial charge in [-0.05, 0) is 30.6 Å². The van der Waals surface area contributed by atoms with E-state index in [-0.39, 0.29) is 0 Å². The number of fused-ring (bicyclic) bond motifs is 2. The van der Waals surface area contributed by atoms with Crippen molar-refractivity contribution in [2.45, 2.75) is 52.1 Å². The second-order valence-corrected chi connectivity index (χ2v) is 5.28. The van der Waals surface area contributed by atoms with Gasteiger partial charge in [-0.1, -0.05) is 20.8 Å². The van der Waals surface area contributed by atoms with Crippen LogP contribution in [-0.4, -0.2) is 12.1 Å². The minimum absolute atomic E-state index is 0.472. The maximum atomic E-state index is 3.73. The van der Waals surface area contributed by atoms with Crippen molar-refractivity contribution in [2.24, 2.45) is 11.3 Å². The summed E-state index contributed by atoms with van der Waals surface area (Å²) in [7, 11) is 0. The highest BCUT2D eigenvalue weighted by Crippen LogP contribution is 2.41. The molecule has 0 radical (unpaired) electrons. The number of piperidine rings is 1. The minimum Gasteiger partial charge on any atom is -0.310 e. The molecule has 1 nitrogen and oxygen atoms in total. The quantitative estimate of drug-likeness (QED) is 0.562. The summed E-state index contributed by atoms with van der Waals surface area (Å²) in [4.78, 5) is 0. The Morgan fingerprint density at radius 1 is 1.18 bits per heavy atom. The predicted octanol–water partition coefficient (Wildman–Crippen LogP) is 2.17. The molecule has 2 fully saturated rings. The smallest absolute Gasteiger partial charge is 0.0147 e. The van der Waals surface area contributed by atoms with Crippen LogP contribution in [0.2, 0.25) is 0 Å². The molecule has 0 aromatic heterocycles. The third kappa shape index (κ3) is 1.20. The highest BCUT2D eigenvalue weighted by Gasteiger charge is 2.43. The van der Waals surface area contributed by atoms with E-state index in [4.69, 9.17) is 0 Å². The highest BCUT2D eigenvalue weighted by atomic mass is 15.0. The molecule has 0 aromatic carbocycles. The topological polar surface area (TPSA) is 12.0 Å². The lowest BCUT2D eigenvalue weighted by Crippen LogP contribution is -2.44. The molecule has 1 saturated heterocycles. The molecule has 2 aliphatic rings. The molecule has 1 heterocycles. The van der Waals surface area contributed by atoms with Gasteiger partial charge < -0.3 is 5.32 Å². The third-order valence-electron chi connectivity index (χ3n) is 3.29. The summed E-state index contributed by atoms with van der Waals surface area (Å²) < 4.78 is 0. The third-order valence-corrected chi connectivity index (χ3v) is 3.29. The van der Waals surface area contributed by atoms with E-state index < -0.39 is 0 Å². The van der Waals surface area contributed by atoms with Crippen LogP contribution in [0, 0.1) is 11.3 Å². The molecule has 0 spiro atoms. The molecular formula is C10H19N. The van der Waals surface area contributed by atoms with Gasteiger partial charge in [0.05, 0.1) is 0 Å². The molecule has 2 rings (SSSR count). The average molecular weight is 153 g/mol. The molecule has 1 aliphatic carbocycles. The molecule has 0 aromatic rings. The zero-order chi connectivity index (χ0) is 8.06. The Balaban J connectivity index is 2.08. The molecular weight excluding hydrogens is 134 g/mol. The fourth-order valence-electron chi connectivity index (χ4n) is 2.82. The Hall–Kier alpha value is -0.0400. The lowest BCUT2D eigenvalue weighted by molar-refractivity contribution is 0.211. The van der Waals surface area contributed by atoms with Crippen molar-refractivity contribution < 1.29 is 0 Å². The van der Waals surface area contributed by atoms with E-state index in [9.17, 15) is 0 Å². The first-order valence-electron chi connectivity index (χ1n) is 4.83. The molecule has 1 saturated carbocycles. The summed E-state index contributed by atoms with van der Waals surface area (Å²) in [5, 5.41) is 3.73. The van der Waals surface area contributed by atoms with Crippen LogP contribution in [0.15, 0.2) is 0 Å². The lowest BCUT2D eigenvalue weighted by Gasteiger charge is -2.34. The van der Waals surface area contributed by atoms with Gasteiger partial charge in [-0.3, -0.25) is 0 Å². The zero-order valence-electron chi connectivity index (χ0n) is 7.85. The first-order chi connectivity index (χ1) is 5.07. The molecule has 11 heavy (non-hydrogen) atoms. The summed E-state index contributed by atoms with van der Waals surface area (Å²) >= 11 is 0. The summed E-state index contributed by atoms with van der Waals surface area (Å²) in [6, 6.07) is 1.66. The van der Waals surface area contributed by atoms with Crippen molar-refractivity contribution in [1.82, 2.24) is 5.32 Å². The van der Waals surface area contributed by atoms with Gasteiger partial charge in [0.15, 0.2) is 0 Å². The Kier molecular flexibility index (Phi) is 1.54. The van der Waals surface area contributed by atoms with E-state index in [1.165, 1.54) is 19.3 Å². The number of rotatable bonds is 0. The summed E-state index contributed by atoms with van der Waals surface area (Å²) in [5.74, 6) is 0.986. The Labute approximate surface area is 69.6 Å². The SMILES string of the molecule is CC(C)(C)[C@@H]1NC2CCC1C2. The van der Waals surface area contributed by atoms with Crippen LogP contribution in [0.5, 0.6) is 0 Å². The Morgan fingerprint density at radius 3 is 2.18 bits per heavy atom. The van der Waals surface area contributed by atoms with Gasteiger partial charge in [0, 0.05) is 12.1 Å². The fourth-order valence-corrected chi connectivity index (χ4v) is 2.82. The number of nitrogens with one attached hydrogen (secondary N) is 1. The van der Waals surface area contributed by atoms with Crippen LogP contribution >= 0.6 is 0 Å². The van der Waals surface area contributed by atoms with Crippen LogP contribution in [0.4, 0.5) is 0 Å². The Bertz CT molecular complexity index is 157. The zero-order valence-corrected chi connectivity index (χ0v) is 7.85. The van der Waals surface area contributed by atoms with Crippen LogP contribution in [0.1, 0.15) is 40.0 Å². The summed E-state index contributed by atoms with van der Waals surface area (Å²) in [6.45, 7) is 7.06. The summed E-state index contributed by atoms with van der Waals surface area (Å²) in [6.07, 6.45) is 4.35. The molecule has 1 heteroatoms. The predicted molar refractivity (Wildman–Crippen MR) is 47.5 cm³/mol. The van der Waals surface area contributed by atoms with E-state index >= 15 is 0 Å². The van der Waals surface area contributed by atoms with Gasteiger partial charge in [0.25, 0.3) is 0 Å². The van der Waals surface area contributed by atoms with Gasteiger partial charge >= 0.3 is 0 Å². The number of hydrogen-bond donors (Lipinski definition) is 1. The van der Waals surface area contributed by atoms with Gasteiger partial charge in [-0.15, -0.1) is 0 Å². The van der Waals surface area contributed by atoms with E-state index in [1.54, 1.807) is 0 Å². The summed E-state index contributed by atoms with van der Waals surface area (Å²) in [5.41, 5.74) is 0.472. The van der Waals surface area contributed by atoms with Crippen molar-refractivity contribution in [2.75, 3.05) is 0 Å². The van der Waals surface area contributed by atoms with Gasteiger partial charge in [0.2, 0.25) is 0 Å². The molecule has 2 bridgehead atoms. The van der Waals surface area contributed by atoms with Crippen LogP contribution in [0.25, 0.3) is 0 Å². The molecule has 1 N–H and O–H groups in total. The first-order valence-corrected chi connectivity index (χ1v) is 4.83. The molecule has 1 aliphatic heterocycles. The largest absolute Gasteiger partial charge is 0.310 e. The second kappa shape index (κ2) is 2.22. The van der Waals surface area contributed by atoms with Gasteiger partial charge in [0.1, 0.15) is 0 Å². The van der Waals surface area contributed by atoms with E-state index in [0.717, 1.165) is 18.0 Å². The normalized spacial score (nSPS) is 43.4. The number of hydrogen-bond acceptors (Lipinski definition) is 1.